The number of amides is 3. The van der Waals surface area contributed by atoms with Crippen molar-refractivity contribution in [2.75, 3.05) is 32.7 Å². The third kappa shape index (κ3) is 35.8. The van der Waals surface area contributed by atoms with Gasteiger partial charge in [0.15, 0.2) is 0 Å². The molecule has 0 heterocycles. The molecule has 0 radical (unpaired) electrons. The van der Waals surface area contributed by atoms with Crippen LogP contribution in [0.15, 0.2) is 70.6 Å². The van der Waals surface area contributed by atoms with Gasteiger partial charge in [-0.2, -0.15) is 0 Å². The van der Waals surface area contributed by atoms with E-state index in [4.69, 9.17) is 5.73 Å². The number of carbonyl (C=O) groups excluding carboxylic acids is 3. The zero-order valence-electron chi connectivity index (χ0n) is 35.7. The van der Waals surface area contributed by atoms with E-state index in [1.54, 1.807) is 0 Å². The zero-order chi connectivity index (χ0) is 41.1. The van der Waals surface area contributed by atoms with Crippen LogP contribution in [0.3, 0.4) is 0 Å². The van der Waals surface area contributed by atoms with Crippen LogP contribution in [0.4, 0.5) is 0 Å². The lowest BCUT2D eigenvalue weighted by atomic mass is 10.0. The molecular weight excluding hydrogens is 689 g/mol. The van der Waals surface area contributed by atoms with Crippen LogP contribution in [0.1, 0.15) is 157 Å². The molecular formula is C45H80N6O4. The van der Waals surface area contributed by atoms with Crippen molar-refractivity contribution in [1.82, 2.24) is 26.6 Å². The van der Waals surface area contributed by atoms with Crippen LogP contribution in [-0.4, -0.2) is 61.8 Å². The van der Waals surface area contributed by atoms with Crippen molar-refractivity contribution in [3.8, 4) is 0 Å². The van der Waals surface area contributed by atoms with E-state index in [2.05, 4.69) is 105 Å². The molecule has 0 aromatic rings. The molecule has 1 unspecified atom stereocenters. The highest BCUT2D eigenvalue weighted by molar-refractivity contribution is 5.86. The highest BCUT2D eigenvalue weighted by Crippen LogP contribution is 2.14. The Kier molecular flexibility index (Phi) is 32.5. The number of hydrogen-bond donors (Lipinski definition) is 7. The van der Waals surface area contributed by atoms with Gasteiger partial charge in [-0.15, -0.1) is 0 Å². The van der Waals surface area contributed by atoms with Crippen molar-refractivity contribution in [2.45, 2.75) is 163 Å². The smallest absolute Gasteiger partial charge is 0.269 e. The first-order valence-corrected chi connectivity index (χ1v) is 21.0. The molecule has 8 N–H and O–H groups in total. The van der Waals surface area contributed by atoms with Gasteiger partial charge in [0.05, 0.1) is 5.82 Å². The molecule has 0 aromatic carbocycles. The van der Waals surface area contributed by atoms with Gasteiger partial charge in [-0.25, -0.2) is 0 Å². The fourth-order valence-corrected chi connectivity index (χ4v) is 5.70. The maximum absolute atomic E-state index is 12.3. The summed E-state index contributed by atoms with van der Waals surface area (Å²) in [4.78, 5) is 36.3. The summed E-state index contributed by atoms with van der Waals surface area (Å²) in [7, 11) is 0. The first-order chi connectivity index (χ1) is 26.3. The molecule has 0 aliphatic carbocycles. The van der Waals surface area contributed by atoms with Gasteiger partial charge in [0.25, 0.3) is 5.91 Å². The number of rotatable bonds is 34. The van der Waals surface area contributed by atoms with Crippen LogP contribution >= 0.6 is 0 Å². The maximum Gasteiger partial charge on any atom is 0.269 e. The molecule has 0 spiro atoms. The monoisotopic (exact) mass is 769 g/mol. The normalized spacial score (nSPS) is 12.9. The number of unbranched alkanes of at least 4 members (excludes halogenated alkanes) is 5. The maximum atomic E-state index is 12.3. The zero-order valence-corrected chi connectivity index (χ0v) is 35.7. The van der Waals surface area contributed by atoms with Crippen molar-refractivity contribution in [1.29, 1.82) is 0 Å². The summed E-state index contributed by atoms with van der Waals surface area (Å²) < 4.78 is 0. The van der Waals surface area contributed by atoms with E-state index >= 15 is 0 Å². The molecule has 55 heavy (non-hydrogen) atoms. The standard InChI is InChI=1S/C45H80N6O4/c1-36(2)20-16-23-39(5)26-17-24-37(3)21-11-12-22-38(4)25-18-27-40(6)29-30-42(52)49-35-19-32-47-31-14-15-34-50-44(54)45(55)51-43(53)28-10-8-9-13-33-48-41(7)46/h20-22,26-27,45,47-48,55H,7-19,23-25,28-35,46H2,1-6H3,(H,49,52)(H,50,54)(H,51,53)/b37-21-,38-22+,39-26+,40-27+. The van der Waals surface area contributed by atoms with E-state index in [1.165, 1.54) is 27.9 Å². The van der Waals surface area contributed by atoms with Crippen LogP contribution in [0, 0.1) is 0 Å². The van der Waals surface area contributed by atoms with Gasteiger partial charge in [0.1, 0.15) is 0 Å². The Balaban J connectivity index is 3.84. The number of hydrogen-bond acceptors (Lipinski definition) is 7. The van der Waals surface area contributed by atoms with Crippen LogP contribution in [-0.2, 0) is 14.4 Å². The van der Waals surface area contributed by atoms with Gasteiger partial charge in [-0.1, -0.05) is 77.7 Å². The first-order valence-electron chi connectivity index (χ1n) is 21.0. The minimum absolute atomic E-state index is 0.0888. The molecule has 0 aliphatic heterocycles. The molecule has 0 aliphatic rings. The summed E-state index contributed by atoms with van der Waals surface area (Å²) in [5.74, 6) is -0.397. The molecule has 3 amide bonds. The lowest BCUT2D eigenvalue weighted by Crippen LogP contribution is -2.46. The fourth-order valence-electron chi connectivity index (χ4n) is 5.70. The highest BCUT2D eigenvalue weighted by atomic mass is 16.3. The molecule has 0 rings (SSSR count). The Morgan fingerprint density at radius 3 is 1.60 bits per heavy atom. The SMILES string of the molecule is C=C(N)NCCCCCCC(=O)NC(O)C(=O)NCCCCNCCCNC(=O)CC/C(C)=C/CC/C(C)=C/CC/C=C(/C)CC/C=C(\C)CCC=C(C)C. The Bertz CT molecular complexity index is 1250. The molecule has 10 heteroatoms. The Morgan fingerprint density at radius 2 is 1.00 bits per heavy atom. The van der Waals surface area contributed by atoms with Crippen LogP contribution in [0.25, 0.3) is 0 Å². The van der Waals surface area contributed by atoms with Gasteiger partial charge in [0.2, 0.25) is 18.0 Å². The van der Waals surface area contributed by atoms with Gasteiger partial charge in [-0.3, -0.25) is 14.4 Å². The van der Waals surface area contributed by atoms with Gasteiger partial charge >= 0.3 is 0 Å². The van der Waals surface area contributed by atoms with Crippen molar-refractivity contribution in [3.05, 3.63) is 70.6 Å². The minimum Gasteiger partial charge on any atom is -0.386 e. The van der Waals surface area contributed by atoms with Gasteiger partial charge < -0.3 is 37.4 Å². The highest BCUT2D eigenvalue weighted by Gasteiger charge is 2.16. The number of nitrogens with two attached hydrogens (primary N) is 1. The number of nitrogens with one attached hydrogen (secondary N) is 5. The van der Waals surface area contributed by atoms with E-state index in [-0.39, 0.29) is 18.2 Å². The van der Waals surface area contributed by atoms with E-state index in [0.717, 1.165) is 116 Å². The second kappa shape index (κ2) is 34.8. The van der Waals surface area contributed by atoms with E-state index < -0.39 is 12.1 Å². The summed E-state index contributed by atoms with van der Waals surface area (Å²) in [6, 6.07) is 0. The van der Waals surface area contributed by atoms with Crippen LogP contribution in [0.2, 0.25) is 0 Å². The van der Waals surface area contributed by atoms with Gasteiger partial charge in [0, 0.05) is 32.5 Å². The first kappa shape index (κ1) is 51.4. The summed E-state index contributed by atoms with van der Waals surface area (Å²) in [5, 5.41) is 24.3. The Hall–Kier alpha value is -3.63. The topological polar surface area (TPSA) is 158 Å². The number of allylic oxidation sites excluding steroid dienone is 10. The second-order valence-corrected chi connectivity index (χ2v) is 15.2. The summed E-state index contributed by atoms with van der Waals surface area (Å²) in [5.41, 5.74) is 12.5. The van der Waals surface area contributed by atoms with Crippen molar-refractivity contribution in [3.63, 3.8) is 0 Å². The van der Waals surface area contributed by atoms with Crippen LogP contribution < -0.4 is 32.3 Å². The Labute approximate surface area is 335 Å². The van der Waals surface area contributed by atoms with Crippen molar-refractivity contribution < 1.29 is 19.5 Å². The average molecular weight is 769 g/mol. The molecule has 0 saturated heterocycles. The van der Waals surface area contributed by atoms with Crippen LogP contribution in [0.5, 0.6) is 0 Å². The van der Waals surface area contributed by atoms with E-state index in [9.17, 15) is 19.5 Å². The quantitative estimate of drug-likeness (QED) is 0.0198. The van der Waals surface area contributed by atoms with Crippen molar-refractivity contribution in [2.24, 2.45) is 5.73 Å². The third-order valence-electron chi connectivity index (χ3n) is 9.21. The van der Waals surface area contributed by atoms with E-state index in [1.807, 2.05) is 0 Å². The average Bonchev–Trinajstić information content (AvgIpc) is 3.12. The van der Waals surface area contributed by atoms with E-state index in [0.29, 0.717) is 31.8 Å². The molecule has 0 bridgehead atoms. The fraction of sp³-hybridized carbons (Fsp3) is 0.667. The van der Waals surface area contributed by atoms with Crippen molar-refractivity contribution >= 4 is 17.7 Å². The summed E-state index contributed by atoms with van der Waals surface area (Å²) in [6.07, 6.45) is 26.5. The Morgan fingerprint density at radius 1 is 0.527 bits per heavy atom. The molecule has 1 atom stereocenters. The summed E-state index contributed by atoms with van der Waals surface area (Å²) in [6.45, 7) is 20.1. The predicted molar refractivity (Wildman–Crippen MR) is 232 cm³/mol. The largest absolute Gasteiger partial charge is 0.386 e. The summed E-state index contributed by atoms with van der Waals surface area (Å²) >= 11 is 0. The lowest BCUT2D eigenvalue weighted by molar-refractivity contribution is -0.136. The number of carbonyl (C=O) groups is 3. The second-order valence-electron chi connectivity index (χ2n) is 15.2. The molecule has 10 nitrogen and oxygen atoms in total. The third-order valence-corrected chi connectivity index (χ3v) is 9.21. The minimum atomic E-state index is -1.54. The van der Waals surface area contributed by atoms with Gasteiger partial charge in [-0.05, 0) is 145 Å². The molecule has 0 fully saturated rings. The lowest BCUT2D eigenvalue weighted by Gasteiger charge is -2.13. The molecule has 314 valence electrons. The number of aliphatic hydroxyl groups excluding tert-OH is 1. The number of aliphatic hydroxyl groups is 1. The molecule has 0 aromatic heterocycles. The predicted octanol–water partition coefficient (Wildman–Crippen LogP) is 8.04. The molecule has 0 saturated carbocycles.